The number of nitrogens with zero attached hydrogens (tertiary/aromatic N) is 1. The summed E-state index contributed by atoms with van der Waals surface area (Å²) in [5.74, 6) is 2.67. The van der Waals surface area contributed by atoms with Crippen LogP contribution in [0.25, 0.3) is 0 Å². The van der Waals surface area contributed by atoms with Crippen molar-refractivity contribution in [2.75, 3.05) is 19.9 Å². The second-order valence-electron chi connectivity index (χ2n) is 7.77. The minimum Gasteiger partial charge on any atom is -0.454 e. The quantitative estimate of drug-likeness (QED) is 0.705. The summed E-state index contributed by atoms with van der Waals surface area (Å²) in [6.07, 6.45) is 4.52. The van der Waals surface area contributed by atoms with Gasteiger partial charge in [-0.15, -0.1) is 0 Å². The monoisotopic (exact) mass is 326 g/mol. The third-order valence-corrected chi connectivity index (χ3v) is 6.58. The van der Waals surface area contributed by atoms with Gasteiger partial charge in [-0.1, -0.05) is 6.08 Å². The van der Waals surface area contributed by atoms with Crippen molar-refractivity contribution in [1.29, 1.82) is 0 Å². The van der Waals surface area contributed by atoms with E-state index in [1.807, 2.05) is 0 Å². The van der Waals surface area contributed by atoms with Gasteiger partial charge in [0.15, 0.2) is 11.5 Å². The Bertz CT molecular complexity index is 746. The van der Waals surface area contributed by atoms with E-state index in [0.717, 1.165) is 31.1 Å². The van der Waals surface area contributed by atoms with Crippen molar-refractivity contribution in [3.05, 3.63) is 34.9 Å². The van der Waals surface area contributed by atoms with Crippen LogP contribution in [0.15, 0.2) is 23.8 Å². The molecule has 1 aromatic rings. The predicted octanol–water partition coefficient (Wildman–Crippen LogP) is 1.37. The highest BCUT2D eigenvalue weighted by Crippen LogP contribution is 2.51. The molecule has 5 unspecified atom stereocenters. The van der Waals surface area contributed by atoms with Crippen LogP contribution in [0.1, 0.15) is 29.9 Å². The minimum atomic E-state index is -0.311. The molecule has 6 rings (SSSR count). The maximum absolute atomic E-state index is 10.6. The fraction of sp³-hybridized carbons (Fsp3) is 0.579. The molecule has 0 spiro atoms. The first-order chi connectivity index (χ1) is 11.8. The van der Waals surface area contributed by atoms with Gasteiger partial charge >= 0.3 is 0 Å². The maximum Gasteiger partial charge on any atom is 0.231 e. The number of hydrogen-bond acceptors (Lipinski definition) is 5. The topological polar surface area (TPSA) is 54.0 Å². The van der Waals surface area contributed by atoms with Crippen molar-refractivity contribution in [3.63, 3.8) is 0 Å². The minimum absolute atomic E-state index is 0.311. The highest BCUT2D eigenvalue weighted by molar-refractivity contribution is 5.54. The number of nitrogens with one attached hydrogen (secondary N) is 1. The fourth-order valence-electron chi connectivity index (χ4n) is 5.65. The Morgan fingerprint density at radius 1 is 1.21 bits per heavy atom. The van der Waals surface area contributed by atoms with Crippen LogP contribution in [0.3, 0.4) is 0 Å². The number of hydrogen-bond donors (Lipinski definition) is 2. The second kappa shape index (κ2) is 4.75. The van der Waals surface area contributed by atoms with Gasteiger partial charge in [0.05, 0.1) is 6.10 Å². The van der Waals surface area contributed by atoms with Crippen molar-refractivity contribution in [2.45, 2.75) is 43.5 Å². The standard InChI is InChI=1S/C19H22N2O3/c22-14-8-21-7-11-5-15-16(24-9-23-15)6-12(11)17-18-10(2-1-3-20-18)4-13(14)19(17)21/h4-6,10,14,17-20,22H,1-3,7-9H2. The Labute approximate surface area is 141 Å². The van der Waals surface area contributed by atoms with Gasteiger partial charge in [0.25, 0.3) is 0 Å². The van der Waals surface area contributed by atoms with Gasteiger partial charge in [0.2, 0.25) is 6.79 Å². The molecule has 0 aromatic heterocycles. The largest absolute Gasteiger partial charge is 0.454 e. The molecule has 4 heterocycles. The molecule has 0 saturated carbocycles. The number of ether oxygens (including phenoxy) is 2. The molecule has 5 nitrogen and oxygen atoms in total. The van der Waals surface area contributed by atoms with Gasteiger partial charge in [0, 0.05) is 31.1 Å². The summed E-state index contributed by atoms with van der Waals surface area (Å²) in [7, 11) is 0. The lowest BCUT2D eigenvalue weighted by Gasteiger charge is -2.49. The van der Waals surface area contributed by atoms with Gasteiger partial charge in [0.1, 0.15) is 0 Å². The first kappa shape index (κ1) is 13.7. The Balaban J connectivity index is 1.54. The Morgan fingerprint density at radius 3 is 3.00 bits per heavy atom. The average Bonchev–Trinajstić information content (AvgIpc) is 3.17. The van der Waals surface area contributed by atoms with Crippen LogP contribution in [0, 0.1) is 5.92 Å². The molecule has 1 aromatic carbocycles. The van der Waals surface area contributed by atoms with E-state index in [9.17, 15) is 5.11 Å². The van der Waals surface area contributed by atoms with E-state index in [-0.39, 0.29) is 6.10 Å². The lowest BCUT2D eigenvalue weighted by molar-refractivity contribution is 0.142. The summed E-state index contributed by atoms with van der Waals surface area (Å²) >= 11 is 0. The van der Waals surface area contributed by atoms with Gasteiger partial charge in [-0.3, -0.25) is 4.90 Å². The first-order valence-electron chi connectivity index (χ1n) is 9.09. The summed E-state index contributed by atoms with van der Waals surface area (Å²) in [5.41, 5.74) is 3.99. The summed E-state index contributed by atoms with van der Waals surface area (Å²) in [6.45, 7) is 3.06. The molecule has 126 valence electrons. The van der Waals surface area contributed by atoms with Gasteiger partial charge in [-0.05, 0) is 54.1 Å². The summed E-state index contributed by atoms with van der Waals surface area (Å²) in [4.78, 5) is 2.46. The van der Waals surface area contributed by atoms with Crippen molar-refractivity contribution >= 4 is 0 Å². The van der Waals surface area contributed by atoms with Crippen molar-refractivity contribution in [3.8, 4) is 11.5 Å². The zero-order valence-corrected chi connectivity index (χ0v) is 13.6. The van der Waals surface area contributed by atoms with Crippen LogP contribution in [-0.2, 0) is 6.54 Å². The SMILES string of the molecule is OC1CN2Cc3cc4c(cc3C3C5NCCCC5C=C1C32)OCO4. The molecule has 5 atom stereocenters. The van der Waals surface area contributed by atoms with E-state index in [1.165, 1.54) is 29.5 Å². The van der Waals surface area contributed by atoms with Crippen LogP contribution in [0.2, 0.25) is 0 Å². The number of benzene rings is 1. The van der Waals surface area contributed by atoms with E-state index in [4.69, 9.17) is 9.47 Å². The van der Waals surface area contributed by atoms with Gasteiger partial charge < -0.3 is 19.9 Å². The van der Waals surface area contributed by atoms with Crippen molar-refractivity contribution < 1.29 is 14.6 Å². The highest BCUT2D eigenvalue weighted by atomic mass is 16.7. The average molecular weight is 326 g/mol. The van der Waals surface area contributed by atoms with E-state index < -0.39 is 0 Å². The molecule has 2 fully saturated rings. The predicted molar refractivity (Wildman–Crippen MR) is 88.1 cm³/mol. The Kier molecular flexibility index (Phi) is 2.71. The molecule has 0 bridgehead atoms. The number of fused-ring (bicyclic) bond motifs is 5. The fourth-order valence-corrected chi connectivity index (χ4v) is 5.65. The molecule has 0 amide bonds. The van der Waals surface area contributed by atoms with E-state index in [2.05, 4.69) is 28.4 Å². The molecule has 2 N–H and O–H groups in total. The zero-order chi connectivity index (χ0) is 15.8. The molecular formula is C19H22N2O3. The summed E-state index contributed by atoms with van der Waals surface area (Å²) in [5, 5.41) is 14.4. The zero-order valence-electron chi connectivity index (χ0n) is 13.6. The molecule has 5 aliphatic rings. The van der Waals surface area contributed by atoms with Crippen molar-refractivity contribution in [1.82, 2.24) is 10.2 Å². The van der Waals surface area contributed by atoms with Gasteiger partial charge in [-0.25, -0.2) is 0 Å². The van der Waals surface area contributed by atoms with Crippen LogP contribution in [0.5, 0.6) is 11.5 Å². The van der Waals surface area contributed by atoms with Crippen LogP contribution in [-0.4, -0.2) is 48.1 Å². The number of aliphatic hydroxyl groups is 1. The third kappa shape index (κ3) is 1.70. The lowest BCUT2D eigenvalue weighted by Crippen LogP contribution is -2.55. The van der Waals surface area contributed by atoms with Crippen LogP contribution < -0.4 is 14.8 Å². The maximum atomic E-state index is 10.6. The second-order valence-corrected chi connectivity index (χ2v) is 7.77. The molecule has 24 heavy (non-hydrogen) atoms. The summed E-state index contributed by atoms with van der Waals surface area (Å²) < 4.78 is 11.2. The molecule has 4 aliphatic heterocycles. The first-order valence-corrected chi connectivity index (χ1v) is 9.09. The Hall–Kier alpha value is -1.56. The molecular weight excluding hydrogens is 304 g/mol. The highest BCUT2D eigenvalue weighted by Gasteiger charge is 2.52. The van der Waals surface area contributed by atoms with Crippen molar-refractivity contribution in [2.24, 2.45) is 5.92 Å². The lowest BCUT2D eigenvalue weighted by atomic mass is 9.67. The Morgan fingerprint density at radius 2 is 2.08 bits per heavy atom. The normalized spacial score (nSPS) is 39.0. The van der Waals surface area contributed by atoms with E-state index >= 15 is 0 Å². The molecule has 2 saturated heterocycles. The molecule has 5 heteroatoms. The number of aliphatic hydroxyl groups excluding tert-OH is 1. The molecule has 1 aliphatic carbocycles. The smallest absolute Gasteiger partial charge is 0.231 e. The molecule has 0 radical (unpaired) electrons. The van der Waals surface area contributed by atoms with Crippen LogP contribution in [0.4, 0.5) is 0 Å². The van der Waals surface area contributed by atoms with E-state index in [0.29, 0.717) is 30.7 Å². The number of rotatable bonds is 0. The van der Waals surface area contributed by atoms with E-state index in [1.54, 1.807) is 0 Å². The third-order valence-electron chi connectivity index (χ3n) is 6.58. The van der Waals surface area contributed by atoms with Crippen LogP contribution >= 0.6 is 0 Å². The summed E-state index contributed by atoms with van der Waals surface area (Å²) in [6, 6.07) is 5.16. The van der Waals surface area contributed by atoms with Gasteiger partial charge in [-0.2, -0.15) is 0 Å². The number of piperidine rings is 1.